The van der Waals surface area contributed by atoms with E-state index in [9.17, 15) is 35.5 Å². The van der Waals surface area contributed by atoms with E-state index in [1.54, 1.807) is 0 Å². The summed E-state index contributed by atoms with van der Waals surface area (Å²) in [6, 6.07) is -2.66. The van der Waals surface area contributed by atoms with E-state index >= 15 is 0 Å². The number of carbonyl (C=O) groups excluding carboxylic acids is 1. The summed E-state index contributed by atoms with van der Waals surface area (Å²) in [5, 5.41) is 0. The predicted octanol–water partition coefficient (Wildman–Crippen LogP) is 3.46. The number of methoxy groups -OCH3 is 1. The van der Waals surface area contributed by atoms with Crippen LogP contribution in [0, 0.1) is 5.82 Å². The molecule has 0 heterocycles. The first-order valence-corrected chi connectivity index (χ1v) is 5.20. The van der Waals surface area contributed by atoms with Crippen molar-refractivity contribution >= 4 is 18.4 Å². The summed E-state index contributed by atoms with van der Waals surface area (Å²) in [5.41, 5.74) is -0.109. The van der Waals surface area contributed by atoms with Crippen LogP contribution in [0.1, 0.15) is 22.7 Å². The van der Waals surface area contributed by atoms with E-state index in [0.29, 0.717) is 0 Å². The maximum absolute atomic E-state index is 13.6. The molecular formula is C11H9ClF7NO2. The Hall–Kier alpha value is -1.55. The van der Waals surface area contributed by atoms with Crippen molar-refractivity contribution < 1.29 is 40.3 Å². The molecule has 0 aliphatic heterocycles. The second-order valence-corrected chi connectivity index (χ2v) is 3.92. The number of hydrogen-bond donors (Lipinski definition) is 1. The minimum absolute atomic E-state index is 0. The molecule has 2 N–H and O–H groups in total. The second kappa shape index (κ2) is 6.69. The van der Waals surface area contributed by atoms with Crippen LogP contribution < -0.4 is 5.73 Å². The standard InChI is InChI=1S/C11H8F7NO2.ClH/c1-21-9(20)8(19)7-5(11(16,17)18)2-4(3-6(7)12)10(13,14)15;/h2-3,8H,19H2,1H3;1H/t8-;/m1./s1. The van der Waals surface area contributed by atoms with Crippen LogP contribution in [0.25, 0.3) is 0 Å². The quantitative estimate of drug-likeness (QED) is 0.653. The Morgan fingerprint density at radius 1 is 1.14 bits per heavy atom. The molecule has 1 rings (SSSR count). The fourth-order valence-electron chi connectivity index (χ4n) is 1.58. The molecule has 0 saturated heterocycles. The molecule has 0 fully saturated rings. The first-order chi connectivity index (χ1) is 9.39. The van der Waals surface area contributed by atoms with Gasteiger partial charge in [0.05, 0.1) is 18.2 Å². The van der Waals surface area contributed by atoms with Gasteiger partial charge in [-0.1, -0.05) is 0 Å². The smallest absolute Gasteiger partial charge is 0.416 e. The van der Waals surface area contributed by atoms with Gasteiger partial charge in [-0.3, -0.25) is 4.79 Å². The first-order valence-electron chi connectivity index (χ1n) is 5.20. The topological polar surface area (TPSA) is 52.3 Å². The Bertz CT molecular complexity index is 557. The van der Waals surface area contributed by atoms with Crippen LogP contribution in [0.3, 0.4) is 0 Å². The van der Waals surface area contributed by atoms with Gasteiger partial charge in [0.2, 0.25) is 0 Å². The highest BCUT2D eigenvalue weighted by Gasteiger charge is 2.42. The van der Waals surface area contributed by atoms with Gasteiger partial charge in [-0.15, -0.1) is 12.4 Å². The summed E-state index contributed by atoms with van der Waals surface area (Å²) in [6.45, 7) is 0. The normalized spacial score (nSPS) is 13.3. The van der Waals surface area contributed by atoms with Crippen LogP contribution in [0.15, 0.2) is 12.1 Å². The predicted molar refractivity (Wildman–Crippen MR) is 62.6 cm³/mol. The lowest BCUT2D eigenvalue weighted by molar-refractivity contribution is -0.145. The zero-order valence-corrected chi connectivity index (χ0v) is 11.5. The van der Waals surface area contributed by atoms with Crippen molar-refractivity contribution in [2.45, 2.75) is 18.4 Å². The molecule has 1 aromatic rings. The monoisotopic (exact) mass is 355 g/mol. The van der Waals surface area contributed by atoms with Gasteiger partial charge in [0.1, 0.15) is 11.9 Å². The van der Waals surface area contributed by atoms with Crippen molar-refractivity contribution in [1.82, 2.24) is 0 Å². The van der Waals surface area contributed by atoms with Gasteiger partial charge in [0, 0.05) is 5.56 Å². The van der Waals surface area contributed by atoms with Crippen LogP contribution in [0.2, 0.25) is 0 Å². The molecule has 0 aromatic heterocycles. The highest BCUT2D eigenvalue weighted by Crippen LogP contribution is 2.40. The third-order valence-electron chi connectivity index (χ3n) is 2.53. The van der Waals surface area contributed by atoms with Gasteiger partial charge in [-0.2, -0.15) is 26.3 Å². The van der Waals surface area contributed by atoms with Crippen molar-refractivity contribution in [3.05, 3.63) is 34.6 Å². The average Bonchev–Trinajstić information content (AvgIpc) is 2.33. The zero-order chi connectivity index (χ0) is 16.6. The van der Waals surface area contributed by atoms with Gasteiger partial charge in [-0.25, -0.2) is 4.39 Å². The molecule has 0 saturated carbocycles. The Kier molecular flexibility index (Phi) is 6.22. The summed E-state index contributed by atoms with van der Waals surface area (Å²) in [7, 11) is 0.789. The van der Waals surface area contributed by atoms with E-state index in [0.717, 1.165) is 7.11 Å². The van der Waals surface area contributed by atoms with Gasteiger partial charge in [-0.05, 0) is 12.1 Å². The lowest BCUT2D eigenvalue weighted by Crippen LogP contribution is -2.28. The number of nitrogens with two attached hydrogens (primary N) is 1. The number of benzene rings is 1. The molecular weight excluding hydrogens is 347 g/mol. The highest BCUT2D eigenvalue weighted by molar-refractivity contribution is 5.85. The van der Waals surface area contributed by atoms with Gasteiger partial charge >= 0.3 is 18.3 Å². The molecule has 0 aliphatic rings. The van der Waals surface area contributed by atoms with Crippen molar-refractivity contribution in [3.63, 3.8) is 0 Å². The molecule has 1 atom stereocenters. The van der Waals surface area contributed by atoms with Gasteiger partial charge in [0.25, 0.3) is 0 Å². The van der Waals surface area contributed by atoms with Crippen LogP contribution in [0.5, 0.6) is 0 Å². The van der Waals surface area contributed by atoms with Crippen molar-refractivity contribution in [1.29, 1.82) is 0 Å². The number of hydrogen-bond acceptors (Lipinski definition) is 3. The third kappa shape index (κ3) is 4.23. The number of halogens is 8. The molecule has 3 nitrogen and oxygen atoms in total. The van der Waals surface area contributed by atoms with Crippen LogP contribution >= 0.6 is 12.4 Å². The molecule has 0 aliphatic carbocycles. The van der Waals surface area contributed by atoms with E-state index in [1.807, 2.05) is 0 Å². The lowest BCUT2D eigenvalue weighted by Gasteiger charge is -2.19. The van der Waals surface area contributed by atoms with Crippen molar-refractivity contribution in [2.75, 3.05) is 7.11 Å². The number of ether oxygens (including phenoxy) is 1. The van der Waals surface area contributed by atoms with Crippen LogP contribution in [0.4, 0.5) is 30.7 Å². The van der Waals surface area contributed by atoms with E-state index < -0.39 is 46.9 Å². The maximum atomic E-state index is 13.6. The number of carbonyl (C=O) groups is 1. The molecule has 0 amide bonds. The SMILES string of the molecule is COC(=O)[C@H](N)c1c(F)cc(C(F)(F)F)cc1C(F)(F)F.Cl. The van der Waals surface area contributed by atoms with Crippen LogP contribution in [-0.4, -0.2) is 13.1 Å². The Morgan fingerprint density at radius 3 is 2.00 bits per heavy atom. The Labute approximate surface area is 125 Å². The first kappa shape index (κ1) is 20.5. The van der Waals surface area contributed by atoms with Crippen molar-refractivity contribution in [3.8, 4) is 0 Å². The summed E-state index contributed by atoms with van der Waals surface area (Å²) in [4.78, 5) is 11.1. The summed E-state index contributed by atoms with van der Waals surface area (Å²) >= 11 is 0. The van der Waals surface area contributed by atoms with Gasteiger partial charge in [0.15, 0.2) is 0 Å². The molecule has 126 valence electrons. The largest absolute Gasteiger partial charge is 0.468 e. The van der Waals surface area contributed by atoms with E-state index in [-0.39, 0.29) is 24.5 Å². The van der Waals surface area contributed by atoms with E-state index in [1.165, 1.54) is 0 Å². The minimum Gasteiger partial charge on any atom is -0.468 e. The molecule has 22 heavy (non-hydrogen) atoms. The zero-order valence-electron chi connectivity index (χ0n) is 10.7. The van der Waals surface area contributed by atoms with Crippen LogP contribution in [-0.2, 0) is 21.9 Å². The average molecular weight is 356 g/mol. The summed E-state index contributed by atoms with van der Waals surface area (Å²) in [6.07, 6.45) is -10.5. The third-order valence-corrected chi connectivity index (χ3v) is 2.53. The number of rotatable bonds is 2. The van der Waals surface area contributed by atoms with Crippen molar-refractivity contribution in [2.24, 2.45) is 5.73 Å². The summed E-state index contributed by atoms with van der Waals surface area (Å²) in [5.74, 6) is -3.31. The number of esters is 1. The second-order valence-electron chi connectivity index (χ2n) is 3.92. The minimum atomic E-state index is -5.33. The molecule has 0 spiro atoms. The Morgan fingerprint density at radius 2 is 1.64 bits per heavy atom. The summed E-state index contributed by atoms with van der Waals surface area (Å²) < 4.78 is 93.4. The fourth-order valence-corrected chi connectivity index (χ4v) is 1.58. The molecule has 0 bridgehead atoms. The molecule has 1 aromatic carbocycles. The maximum Gasteiger partial charge on any atom is 0.416 e. The molecule has 11 heteroatoms. The Balaban J connectivity index is 0.00000441. The molecule has 0 unspecified atom stereocenters. The lowest BCUT2D eigenvalue weighted by atomic mass is 9.96. The van der Waals surface area contributed by atoms with E-state index in [2.05, 4.69) is 4.74 Å². The number of alkyl halides is 6. The fraction of sp³-hybridized carbons (Fsp3) is 0.364. The van der Waals surface area contributed by atoms with E-state index in [4.69, 9.17) is 5.73 Å². The van der Waals surface area contributed by atoms with Gasteiger partial charge < -0.3 is 10.5 Å². The highest BCUT2D eigenvalue weighted by atomic mass is 35.5. The molecule has 0 radical (unpaired) electrons.